The van der Waals surface area contributed by atoms with Gasteiger partial charge in [0.15, 0.2) is 0 Å². The molecule has 0 aliphatic heterocycles. The van der Waals surface area contributed by atoms with E-state index in [9.17, 15) is 0 Å². The summed E-state index contributed by atoms with van der Waals surface area (Å²) in [5, 5.41) is 3.41. The molecule has 3 nitrogen and oxygen atoms in total. The van der Waals surface area contributed by atoms with Crippen molar-refractivity contribution in [2.24, 2.45) is 0 Å². The van der Waals surface area contributed by atoms with Crippen LogP contribution in [0.2, 0.25) is 0 Å². The van der Waals surface area contributed by atoms with Crippen molar-refractivity contribution < 1.29 is 4.74 Å². The molecule has 1 aromatic carbocycles. The minimum atomic E-state index is -0.0432. The first-order valence-corrected chi connectivity index (χ1v) is 6.75. The van der Waals surface area contributed by atoms with Crippen LogP contribution in [0, 0.1) is 13.8 Å². The van der Waals surface area contributed by atoms with E-state index in [-0.39, 0.29) is 11.6 Å². The van der Waals surface area contributed by atoms with E-state index in [0.29, 0.717) is 0 Å². The number of benzene rings is 1. The molecule has 0 aromatic heterocycles. The molecule has 0 heterocycles. The van der Waals surface area contributed by atoms with Crippen LogP contribution in [0.15, 0.2) is 12.1 Å². The fourth-order valence-electron chi connectivity index (χ4n) is 2.65. The van der Waals surface area contributed by atoms with E-state index in [1.165, 1.54) is 16.7 Å². The van der Waals surface area contributed by atoms with Crippen LogP contribution in [-0.4, -0.2) is 38.7 Å². The predicted octanol–water partition coefficient (Wildman–Crippen LogP) is 2.91. The first-order chi connectivity index (χ1) is 8.74. The van der Waals surface area contributed by atoms with Gasteiger partial charge in [0.25, 0.3) is 0 Å². The molecule has 0 bridgehead atoms. The first-order valence-electron chi connectivity index (χ1n) is 6.75. The van der Waals surface area contributed by atoms with Gasteiger partial charge in [-0.3, -0.25) is 0 Å². The van der Waals surface area contributed by atoms with Crippen LogP contribution in [0.5, 0.6) is 5.75 Å². The maximum Gasteiger partial charge on any atom is 0.123 e. The Labute approximate surface area is 118 Å². The number of aryl methyl sites for hydroxylation is 2. The van der Waals surface area contributed by atoms with Gasteiger partial charge in [0.05, 0.1) is 13.2 Å². The molecule has 0 spiro atoms. The van der Waals surface area contributed by atoms with Crippen molar-refractivity contribution in [2.75, 3.05) is 28.3 Å². The Bertz CT molecular complexity index is 439. The van der Waals surface area contributed by atoms with Crippen LogP contribution >= 0.6 is 0 Å². The van der Waals surface area contributed by atoms with E-state index in [2.05, 4.69) is 64.1 Å². The highest BCUT2D eigenvalue weighted by atomic mass is 16.5. The summed E-state index contributed by atoms with van der Waals surface area (Å²) in [5.74, 6) is 0.963. The molecule has 1 unspecified atom stereocenters. The fourth-order valence-corrected chi connectivity index (χ4v) is 2.65. The van der Waals surface area contributed by atoms with Gasteiger partial charge >= 0.3 is 0 Å². The second-order valence-electron chi connectivity index (χ2n) is 6.02. The zero-order valence-corrected chi connectivity index (χ0v) is 13.6. The monoisotopic (exact) mass is 264 g/mol. The highest BCUT2D eigenvalue weighted by molar-refractivity contribution is 5.44. The molecule has 108 valence electrons. The van der Waals surface area contributed by atoms with Crippen molar-refractivity contribution in [1.29, 1.82) is 0 Å². The second kappa shape index (κ2) is 5.93. The van der Waals surface area contributed by atoms with Crippen molar-refractivity contribution in [2.45, 2.75) is 39.3 Å². The predicted molar refractivity (Wildman–Crippen MR) is 82.0 cm³/mol. The lowest BCUT2D eigenvalue weighted by Gasteiger charge is -2.39. The Morgan fingerprint density at radius 2 is 1.68 bits per heavy atom. The standard InChI is InChI=1S/C16H28N2O/c1-11-9-13(14(19-8)10-12(11)2)15(18(6)7)16(3,4)17-5/h9-10,15,17H,1-8H3. The lowest BCUT2D eigenvalue weighted by Crippen LogP contribution is -2.48. The van der Waals surface area contributed by atoms with Gasteiger partial charge in [-0.2, -0.15) is 0 Å². The van der Waals surface area contributed by atoms with E-state index < -0.39 is 0 Å². The Balaban J connectivity index is 3.42. The summed E-state index contributed by atoms with van der Waals surface area (Å²) in [6.45, 7) is 8.70. The summed E-state index contributed by atoms with van der Waals surface area (Å²) >= 11 is 0. The summed E-state index contributed by atoms with van der Waals surface area (Å²) in [4.78, 5) is 2.24. The van der Waals surface area contributed by atoms with Gasteiger partial charge in [-0.25, -0.2) is 0 Å². The maximum atomic E-state index is 5.60. The van der Waals surface area contributed by atoms with Gasteiger partial charge in [0, 0.05) is 11.1 Å². The minimum absolute atomic E-state index is 0.0432. The van der Waals surface area contributed by atoms with Crippen LogP contribution in [0.25, 0.3) is 0 Å². The molecule has 0 aliphatic carbocycles. The van der Waals surface area contributed by atoms with Crippen LogP contribution in [0.3, 0.4) is 0 Å². The molecule has 0 fully saturated rings. The molecule has 0 saturated carbocycles. The van der Waals surface area contributed by atoms with Gasteiger partial charge in [-0.15, -0.1) is 0 Å². The molecule has 1 aromatic rings. The number of hydrogen-bond donors (Lipinski definition) is 1. The summed E-state index contributed by atoms with van der Waals surface area (Å²) < 4.78 is 5.60. The van der Waals surface area contributed by atoms with E-state index in [1.807, 2.05) is 7.05 Å². The molecule has 0 radical (unpaired) electrons. The topological polar surface area (TPSA) is 24.5 Å². The highest BCUT2D eigenvalue weighted by Crippen LogP contribution is 2.37. The molecule has 0 amide bonds. The van der Waals surface area contributed by atoms with E-state index in [4.69, 9.17) is 4.74 Å². The molecular formula is C16H28N2O. The number of likely N-dealkylation sites (N-methyl/N-ethyl adjacent to an activating group) is 2. The normalized spacial score (nSPS) is 13.7. The lowest BCUT2D eigenvalue weighted by atomic mass is 9.86. The third kappa shape index (κ3) is 3.28. The van der Waals surface area contributed by atoms with Crippen molar-refractivity contribution in [3.8, 4) is 5.75 Å². The average molecular weight is 264 g/mol. The van der Waals surface area contributed by atoms with E-state index in [0.717, 1.165) is 5.75 Å². The van der Waals surface area contributed by atoms with Gasteiger partial charge in [0.1, 0.15) is 5.75 Å². The van der Waals surface area contributed by atoms with Crippen molar-refractivity contribution in [3.05, 3.63) is 28.8 Å². The Kier molecular flexibility index (Phi) is 4.99. The van der Waals surface area contributed by atoms with Crippen LogP contribution < -0.4 is 10.1 Å². The Hall–Kier alpha value is -1.06. The molecule has 1 atom stereocenters. The van der Waals surface area contributed by atoms with Crippen LogP contribution in [-0.2, 0) is 0 Å². The van der Waals surface area contributed by atoms with Gasteiger partial charge in [0.2, 0.25) is 0 Å². The molecule has 1 N–H and O–H groups in total. The summed E-state index contributed by atoms with van der Waals surface area (Å²) in [5.41, 5.74) is 3.75. The number of methoxy groups -OCH3 is 1. The molecule has 0 aliphatic rings. The smallest absolute Gasteiger partial charge is 0.123 e. The quantitative estimate of drug-likeness (QED) is 0.885. The number of nitrogens with one attached hydrogen (secondary N) is 1. The molecule has 0 saturated heterocycles. The summed E-state index contributed by atoms with van der Waals surface area (Å²) in [7, 11) is 7.97. The van der Waals surface area contributed by atoms with E-state index in [1.54, 1.807) is 7.11 Å². The fraction of sp³-hybridized carbons (Fsp3) is 0.625. The molecule has 1 rings (SSSR count). The third-order valence-electron chi connectivity index (χ3n) is 3.98. The van der Waals surface area contributed by atoms with Crippen LogP contribution in [0.1, 0.15) is 36.6 Å². The summed E-state index contributed by atoms with van der Waals surface area (Å²) in [6, 6.07) is 4.62. The van der Waals surface area contributed by atoms with Crippen molar-refractivity contribution in [1.82, 2.24) is 10.2 Å². The zero-order valence-electron chi connectivity index (χ0n) is 13.6. The minimum Gasteiger partial charge on any atom is -0.496 e. The number of nitrogens with zero attached hydrogens (tertiary/aromatic N) is 1. The number of rotatable bonds is 5. The SMILES string of the molecule is CNC(C)(C)C(c1cc(C)c(C)cc1OC)N(C)C. The average Bonchev–Trinajstić information content (AvgIpc) is 2.32. The highest BCUT2D eigenvalue weighted by Gasteiger charge is 2.33. The van der Waals surface area contributed by atoms with Crippen molar-refractivity contribution in [3.63, 3.8) is 0 Å². The molecule has 19 heavy (non-hydrogen) atoms. The summed E-state index contributed by atoms with van der Waals surface area (Å²) in [6.07, 6.45) is 0. The van der Waals surface area contributed by atoms with Gasteiger partial charge in [-0.05, 0) is 66.0 Å². The van der Waals surface area contributed by atoms with Crippen LogP contribution in [0.4, 0.5) is 0 Å². The molecule has 3 heteroatoms. The van der Waals surface area contributed by atoms with Gasteiger partial charge < -0.3 is 15.0 Å². The Morgan fingerprint density at radius 1 is 1.16 bits per heavy atom. The maximum absolute atomic E-state index is 5.60. The zero-order chi connectivity index (χ0) is 14.8. The largest absolute Gasteiger partial charge is 0.496 e. The van der Waals surface area contributed by atoms with E-state index >= 15 is 0 Å². The van der Waals surface area contributed by atoms with Crippen molar-refractivity contribution >= 4 is 0 Å². The third-order valence-corrected chi connectivity index (χ3v) is 3.98. The van der Waals surface area contributed by atoms with Gasteiger partial charge in [-0.1, -0.05) is 6.07 Å². The number of ether oxygens (including phenoxy) is 1. The lowest BCUT2D eigenvalue weighted by molar-refractivity contribution is 0.173. The molecular weight excluding hydrogens is 236 g/mol. The Morgan fingerprint density at radius 3 is 2.11 bits per heavy atom. The number of hydrogen-bond acceptors (Lipinski definition) is 3. The first kappa shape index (κ1) is 16.0. The second-order valence-corrected chi connectivity index (χ2v) is 6.02.